The lowest BCUT2D eigenvalue weighted by molar-refractivity contribution is -0.129. The Morgan fingerprint density at radius 1 is 1.08 bits per heavy atom. The van der Waals surface area contributed by atoms with Crippen LogP contribution in [0.15, 0.2) is 60.8 Å². The summed E-state index contributed by atoms with van der Waals surface area (Å²) < 4.78 is 5.28. The molecule has 0 aliphatic rings. The van der Waals surface area contributed by atoms with Crippen LogP contribution in [0.25, 0.3) is 0 Å². The van der Waals surface area contributed by atoms with E-state index in [1.54, 1.807) is 12.3 Å². The normalized spacial score (nSPS) is 12.2. The second-order valence-corrected chi connectivity index (χ2v) is 6.65. The quantitative estimate of drug-likeness (QED) is 0.306. The standard InChI is InChI=1S/C23H29NO2/c1-3-4-5-6-8-11-20-15-16-22(24-18-20)26-23(25)17-14-19(2)21-12-9-7-10-13-21/h7,9-10,12-19H,3-6,8,11H2,1-2H3/b17-14+. The Bertz CT molecular complexity index is 677. The number of rotatable bonds is 10. The van der Waals surface area contributed by atoms with E-state index in [1.165, 1.54) is 43.7 Å². The SMILES string of the molecule is CCCCCCCc1ccc(OC(=O)/C=C/C(C)c2ccccc2)nc1. The molecule has 0 aliphatic heterocycles. The maximum atomic E-state index is 12.0. The first-order valence-electron chi connectivity index (χ1n) is 9.59. The number of ether oxygens (including phenoxy) is 1. The van der Waals surface area contributed by atoms with Crippen molar-refractivity contribution < 1.29 is 9.53 Å². The van der Waals surface area contributed by atoms with Crippen LogP contribution >= 0.6 is 0 Å². The predicted octanol–water partition coefficient (Wildman–Crippen LogP) is 5.86. The Balaban J connectivity index is 1.77. The van der Waals surface area contributed by atoms with Gasteiger partial charge >= 0.3 is 5.97 Å². The fourth-order valence-corrected chi connectivity index (χ4v) is 2.78. The molecule has 1 heterocycles. The van der Waals surface area contributed by atoms with Crippen molar-refractivity contribution in [1.29, 1.82) is 0 Å². The van der Waals surface area contributed by atoms with Crippen molar-refractivity contribution in [3.05, 3.63) is 71.9 Å². The molecular weight excluding hydrogens is 322 g/mol. The van der Waals surface area contributed by atoms with Gasteiger partial charge in [-0.25, -0.2) is 9.78 Å². The zero-order chi connectivity index (χ0) is 18.6. The Morgan fingerprint density at radius 3 is 2.54 bits per heavy atom. The zero-order valence-corrected chi connectivity index (χ0v) is 15.9. The molecule has 138 valence electrons. The van der Waals surface area contributed by atoms with Crippen LogP contribution < -0.4 is 4.74 Å². The number of unbranched alkanes of at least 4 members (excludes halogenated alkanes) is 4. The summed E-state index contributed by atoms with van der Waals surface area (Å²) in [7, 11) is 0. The second kappa shape index (κ2) is 11.2. The monoisotopic (exact) mass is 351 g/mol. The van der Waals surface area contributed by atoms with Crippen molar-refractivity contribution >= 4 is 5.97 Å². The molecule has 0 amide bonds. The van der Waals surface area contributed by atoms with Gasteiger partial charge in [-0.1, -0.05) is 82.0 Å². The molecule has 1 aromatic carbocycles. The number of esters is 1. The molecule has 0 spiro atoms. The van der Waals surface area contributed by atoms with Crippen LogP contribution in [0.1, 0.15) is 63.0 Å². The number of aryl methyl sites for hydroxylation is 1. The molecule has 2 aromatic rings. The molecule has 1 aromatic heterocycles. The van der Waals surface area contributed by atoms with E-state index in [2.05, 4.69) is 11.9 Å². The molecule has 0 aliphatic carbocycles. The van der Waals surface area contributed by atoms with Crippen LogP contribution in [-0.2, 0) is 11.2 Å². The fourth-order valence-electron chi connectivity index (χ4n) is 2.78. The van der Waals surface area contributed by atoms with E-state index in [0.29, 0.717) is 5.88 Å². The minimum atomic E-state index is -0.396. The van der Waals surface area contributed by atoms with Crippen LogP contribution in [0.5, 0.6) is 5.88 Å². The summed E-state index contributed by atoms with van der Waals surface area (Å²) in [6.45, 7) is 4.27. The number of allylic oxidation sites excluding steroid dienone is 1. The van der Waals surface area contributed by atoms with Crippen LogP contribution in [0, 0.1) is 0 Å². The fraction of sp³-hybridized carbons (Fsp3) is 0.391. The third-order valence-corrected chi connectivity index (χ3v) is 4.42. The Kier molecular flexibility index (Phi) is 8.61. The predicted molar refractivity (Wildman–Crippen MR) is 106 cm³/mol. The first-order valence-corrected chi connectivity index (χ1v) is 9.59. The number of carbonyl (C=O) groups is 1. The number of pyridine rings is 1. The zero-order valence-electron chi connectivity index (χ0n) is 15.9. The van der Waals surface area contributed by atoms with Crippen molar-refractivity contribution in [3.8, 4) is 5.88 Å². The summed E-state index contributed by atoms with van der Waals surface area (Å²) >= 11 is 0. The van der Waals surface area contributed by atoms with Crippen LogP contribution in [0.2, 0.25) is 0 Å². The van der Waals surface area contributed by atoms with Gasteiger partial charge in [0.25, 0.3) is 0 Å². The van der Waals surface area contributed by atoms with E-state index in [1.807, 2.05) is 49.4 Å². The van der Waals surface area contributed by atoms with Gasteiger partial charge in [0.1, 0.15) is 0 Å². The van der Waals surface area contributed by atoms with Gasteiger partial charge in [0.05, 0.1) is 0 Å². The molecule has 26 heavy (non-hydrogen) atoms. The molecule has 0 saturated carbocycles. The smallest absolute Gasteiger partial charge is 0.337 e. The molecule has 0 saturated heterocycles. The highest BCUT2D eigenvalue weighted by atomic mass is 16.5. The average molecular weight is 351 g/mol. The highest BCUT2D eigenvalue weighted by molar-refractivity contribution is 5.83. The molecule has 0 fully saturated rings. The number of hydrogen-bond acceptors (Lipinski definition) is 3. The number of nitrogens with zero attached hydrogens (tertiary/aromatic N) is 1. The first-order chi connectivity index (χ1) is 12.7. The molecule has 0 N–H and O–H groups in total. The molecule has 0 radical (unpaired) electrons. The summed E-state index contributed by atoms with van der Waals surface area (Å²) in [5.74, 6) is 0.112. The van der Waals surface area contributed by atoms with Gasteiger partial charge in [-0.3, -0.25) is 0 Å². The molecule has 0 bridgehead atoms. The third-order valence-electron chi connectivity index (χ3n) is 4.42. The summed E-state index contributed by atoms with van der Waals surface area (Å²) in [5, 5.41) is 0. The minimum absolute atomic E-state index is 0.159. The topological polar surface area (TPSA) is 39.2 Å². The molecule has 3 nitrogen and oxygen atoms in total. The van der Waals surface area contributed by atoms with E-state index >= 15 is 0 Å². The van der Waals surface area contributed by atoms with Gasteiger partial charge in [-0.15, -0.1) is 0 Å². The van der Waals surface area contributed by atoms with Gasteiger partial charge in [0.15, 0.2) is 0 Å². The van der Waals surface area contributed by atoms with Gasteiger partial charge in [-0.05, 0) is 29.9 Å². The minimum Gasteiger partial charge on any atom is -0.404 e. The van der Waals surface area contributed by atoms with Crippen LogP contribution in [-0.4, -0.2) is 11.0 Å². The van der Waals surface area contributed by atoms with Crippen LogP contribution in [0.4, 0.5) is 0 Å². The number of benzene rings is 1. The summed E-state index contributed by atoms with van der Waals surface area (Å²) in [6.07, 6.45) is 12.5. The summed E-state index contributed by atoms with van der Waals surface area (Å²) in [5.41, 5.74) is 2.35. The number of carbonyl (C=O) groups excluding carboxylic acids is 1. The van der Waals surface area contributed by atoms with Crippen molar-refractivity contribution in [2.24, 2.45) is 0 Å². The number of hydrogen-bond donors (Lipinski definition) is 0. The summed E-state index contributed by atoms with van der Waals surface area (Å²) in [6, 6.07) is 13.8. The lowest BCUT2D eigenvalue weighted by Gasteiger charge is -2.06. The second-order valence-electron chi connectivity index (χ2n) is 6.65. The van der Waals surface area contributed by atoms with Gasteiger partial charge in [0.2, 0.25) is 5.88 Å². The lowest BCUT2D eigenvalue weighted by Crippen LogP contribution is -2.06. The van der Waals surface area contributed by atoms with Crippen molar-refractivity contribution in [2.75, 3.05) is 0 Å². The van der Waals surface area contributed by atoms with Gasteiger partial charge in [-0.2, -0.15) is 0 Å². The lowest BCUT2D eigenvalue weighted by atomic mass is 10.0. The molecule has 1 atom stereocenters. The van der Waals surface area contributed by atoms with Gasteiger partial charge < -0.3 is 4.74 Å². The van der Waals surface area contributed by atoms with Crippen LogP contribution in [0.3, 0.4) is 0 Å². The van der Waals surface area contributed by atoms with E-state index in [-0.39, 0.29) is 5.92 Å². The maximum Gasteiger partial charge on any atom is 0.337 e. The largest absolute Gasteiger partial charge is 0.404 e. The third kappa shape index (κ3) is 7.22. The average Bonchev–Trinajstić information content (AvgIpc) is 2.68. The Labute approximate surface area is 157 Å². The first kappa shape index (κ1) is 19.9. The molecule has 3 heteroatoms. The highest BCUT2D eigenvalue weighted by Crippen LogP contribution is 2.16. The maximum absolute atomic E-state index is 12.0. The molecular formula is C23H29NO2. The summed E-state index contributed by atoms with van der Waals surface area (Å²) in [4.78, 5) is 16.2. The van der Waals surface area contributed by atoms with Crippen molar-refractivity contribution in [3.63, 3.8) is 0 Å². The van der Waals surface area contributed by atoms with E-state index < -0.39 is 5.97 Å². The van der Waals surface area contributed by atoms with Gasteiger partial charge in [0, 0.05) is 18.3 Å². The molecule has 1 unspecified atom stereocenters. The van der Waals surface area contributed by atoms with E-state index in [0.717, 1.165) is 12.0 Å². The Morgan fingerprint density at radius 2 is 1.85 bits per heavy atom. The van der Waals surface area contributed by atoms with E-state index in [9.17, 15) is 4.79 Å². The van der Waals surface area contributed by atoms with Crippen molar-refractivity contribution in [2.45, 2.75) is 58.3 Å². The molecule has 2 rings (SSSR count). The number of aromatic nitrogens is 1. The highest BCUT2D eigenvalue weighted by Gasteiger charge is 2.05. The Hall–Kier alpha value is -2.42. The van der Waals surface area contributed by atoms with E-state index in [4.69, 9.17) is 4.74 Å². The van der Waals surface area contributed by atoms with Crippen molar-refractivity contribution in [1.82, 2.24) is 4.98 Å².